The highest BCUT2D eigenvalue weighted by Crippen LogP contribution is 2.31. The molecule has 0 bridgehead atoms. The van der Waals surface area contributed by atoms with E-state index in [0.29, 0.717) is 16.9 Å². The summed E-state index contributed by atoms with van der Waals surface area (Å²) >= 11 is 0. The van der Waals surface area contributed by atoms with E-state index in [1.165, 1.54) is 42.6 Å². The number of nitrogens with one attached hydrogen (secondary N) is 1. The van der Waals surface area contributed by atoms with Crippen LogP contribution in [0.4, 0.5) is 23.4 Å². The Morgan fingerprint density at radius 2 is 1.71 bits per heavy atom. The molecule has 2 aromatic carbocycles. The summed E-state index contributed by atoms with van der Waals surface area (Å²) in [5.74, 6) is -1.04. The van der Waals surface area contributed by atoms with Crippen molar-refractivity contribution in [2.24, 2.45) is 5.92 Å². The average molecular weight is 488 g/mol. The molecule has 4 rings (SSSR count). The lowest BCUT2D eigenvalue weighted by Gasteiger charge is -2.11. The van der Waals surface area contributed by atoms with Crippen LogP contribution in [0.25, 0.3) is 0 Å². The number of aromatic nitrogens is 1. The molecule has 10 heteroatoms. The van der Waals surface area contributed by atoms with Crippen LogP contribution >= 0.6 is 0 Å². The number of anilines is 1. The molecule has 0 spiro atoms. The van der Waals surface area contributed by atoms with E-state index < -0.39 is 17.9 Å². The number of pyridine rings is 1. The molecule has 1 amide bonds. The summed E-state index contributed by atoms with van der Waals surface area (Å²) in [4.78, 5) is 28.3. The van der Waals surface area contributed by atoms with Crippen molar-refractivity contribution < 1.29 is 36.6 Å². The highest BCUT2D eigenvalue weighted by Gasteiger charge is 2.31. The van der Waals surface area contributed by atoms with Crippen LogP contribution in [0, 0.1) is 11.7 Å². The number of hydrogen-bond acceptors (Lipinski definition) is 5. The van der Waals surface area contributed by atoms with Gasteiger partial charge in [-0.25, -0.2) is 9.37 Å². The van der Waals surface area contributed by atoms with Gasteiger partial charge in [0.1, 0.15) is 23.1 Å². The second-order valence-electron chi connectivity index (χ2n) is 8.09. The Morgan fingerprint density at radius 1 is 0.971 bits per heavy atom. The van der Waals surface area contributed by atoms with Crippen LogP contribution in [0.2, 0.25) is 0 Å². The summed E-state index contributed by atoms with van der Waals surface area (Å²) in [6, 6.07) is 12.2. The molecule has 1 heterocycles. The summed E-state index contributed by atoms with van der Waals surface area (Å²) in [6.07, 6.45) is -1.96. The van der Waals surface area contributed by atoms with Gasteiger partial charge in [-0.1, -0.05) is 18.2 Å². The minimum absolute atomic E-state index is 0.00578. The van der Waals surface area contributed by atoms with Crippen LogP contribution in [0.1, 0.15) is 24.0 Å². The third-order valence-corrected chi connectivity index (χ3v) is 5.09. The van der Waals surface area contributed by atoms with E-state index >= 15 is 0 Å². The lowest BCUT2D eigenvalue weighted by molar-refractivity contribution is -0.274. The Hall–Kier alpha value is -3.95. The van der Waals surface area contributed by atoms with Crippen molar-refractivity contribution >= 4 is 17.5 Å². The van der Waals surface area contributed by atoms with Gasteiger partial charge >= 0.3 is 6.36 Å². The Balaban J connectivity index is 1.36. The maximum absolute atomic E-state index is 14.6. The zero-order valence-electron chi connectivity index (χ0n) is 18.3. The van der Waals surface area contributed by atoms with Crippen molar-refractivity contribution in [1.82, 2.24) is 4.98 Å². The van der Waals surface area contributed by atoms with E-state index in [2.05, 4.69) is 15.0 Å². The van der Waals surface area contributed by atoms with Gasteiger partial charge in [-0.15, -0.1) is 13.2 Å². The van der Waals surface area contributed by atoms with Crippen LogP contribution in [0.15, 0.2) is 60.8 Å². The number of rotatable bonds is 9. The zero-order chi connectivity index (χ0) is 25.0. The number of ether oxygens (including phenoxy) is 2. The largest absolute Gasteiger partial charge is 0.573 e. The van der Waals surface area contributed by atoms with Crippen LogP contribution < -0.4 is 14.8 Å². The first kappa shape index (κ1) is 24.2. The summed E-state index contributed by atoms with van der Waals surface area (Å²) in [5.41, 5.74) is 0.731. The Bertz CT molecular complexity index is 1240. The van der Waals surface area contributed by atoms with Gasteiger partial charge in [0.2, 0.25) is 5.91 Å². The van der Waals surface area contributed by atoms with Crippen molar-refractivity contribution in [1.29, 1.82) is 0 Å². The summed E-state index contributed by atoms with van der Waals surface area (Å²) < 4.78 is 61.2. The monoisotopic (exact) mass is 488 g/mol. The summed E-state index contributed by atoms with van der Waals surface area (Å²) in [7, 11) is 0. The predicted molar refractivity (Wildman–Crippen MR) is 118 cm³/mol. The van der Waals surface area contributed by atoms with Crippen molar-refractivity contribution in [2.45, 2.75) is 32.0 Å². The normalized spacial score (nSPS) is 13.3. The molecular weight excluding hydrogens is 468 g/mol. The molecule has 0 radical (unpaired) electrons. The molecule has 1 aliphatic carbocycles. The SMILES string of the molecule is O=C(Cc1cccc(OC(F)(F)F)c1)Cc1ccc(Oc2ccnc(NC(=O)C3CC3)c2)c(F)c1. The van der Waals surface area contributed by atoms with E-state index in [1.54, 1.807) is 0 Å². The number of ketones is 1. The molecule has 0 unspecified atom stereocenters. The van der Waals surface area contributed by atoms with Gasteiger partial charge in [0.25, 0.3) is 0 Å². The maximum atomic E-state index is 14.6. The maximum Gasteiger partial charge on any atom is 0.573 e. The van der Waals surface area contributed by atoms with E-state index in [9.17, 15) is 27.2 Å². The molecule has 6 nitrogen and oxygen atoms in total. The Labute approximate surface area is 197 Å². The van der Waals surface area contributed by atoms with Gasteiger partial charge in [-0.05, 0) is 54.3 Å². The fourth-order valence-corrected chi connectivity index (χ4v) is 3.35. The highest BCUT2D eigenvalue weighted by atomic mass is 19.4. The second kappa shape index (κ2) is 10.1. The molecule has 3 aromatic rings. The number of carbonyl (C=O) groups excluding carboxylic acids is 2. The third kappa shape index (κ3) is 7.26. The molecule has 182 valence electrons. The van der Waals surface area contributed by atoms with E-state index in [-0.39, 0.29) is 41.9 Å². The fourth-order valence-electron chi connectivity index (χ4n) is 3.35. The minimum atomic E-state index is -4.83. The molecule has 1 N–H and O–H groups in total. The number of halogens is 4. The fraction of sp³-hybridized carbons (Fsp3) is 0.240. The van der Waals surface area contributed by atoms with Gasteiger partial charge in [0, 0.05) is 31.0 Å². The van der Waals surface area contributed by atoms with Crippen LogP contribution in [0.3, 0.4) is 0 Å². The molecule has 0 atom stereocenters. The van der Waals surface area contributed by atoms with Gasteiger partial charge in [0.15, 0.2) is 11.6 Å². The zero-order valence-corrected chi connectivity index (χ0v) is 18.3. The lowest BCUT2D eigenvalue weighted by Crippen LogP contribution is -2.17. The van der Waals surface area contributed by atoms with Crippen molar-refractivity contribution in [3.05, 3.63) is 77.7 Å². The van der Waals surface area contributed by atoms with Crippen LogP contribution in [0.5, 0.6) is 17.2 Å². The average Bonchev–Trinajstić information content (AvgIpc) is 3.60. The predicted octanol–water partition coefficient (Wildman–Crippen LogP) is 5.61. The molecule has 0 aliphatic heterocycles. The molecule has 1 fully saturated rings. The van der Waals surface area contributed by atoms with Gasteiger partial charge in [-0.2, -0.15) is 0 Å². The molecular formula is C25H20F4N2O4. The topological polar surface area (TPSA) is 77.5 Å². The van der Waals surface area contributed by atoms with Gasteiger partial charge in [0.05, 0.1) is 0 Å². The molecule has 35 heavy (non-hydrogen) atoms. The number of hydrogen-bond donors (Lipinski definition) is 1. The first-order chi connectivity index (χ1) is 16.6. The van der Waals surface area contributed by atoms with E-state index in [1.807, 2.05) is 0 Å². The number of Topliss-reactive ketones (excluding diaryl/α,β-unsaturated/α-hetero) is 1. The Kier molecular flexibility index (Phi) is 6.99. The molecule has 1 aromatic heterocycles. The first-order valence-corrected chi connectivity index (χ1v) is 10.7. The highest BCUT2D eigenvalue weighted by molar-refractivity contribution is 5.93. The van der Waals surface area contributed by atoms with Crippen LogP contribution in [-0.4, -0.2) is 23.0 Å². The summed E-state index contributed by atoms with van der Waals surface area (Å²) in [6.45, 7) is 0. The number of benzene rings is 2. The van der Waals surface area contributed by atoms with Crippen molar-refractivity contribution in [2.75, 3.05) is 5.32 Å². The standard InChI is InChI=1S/C25H20F4N2O4/c26-21-13-16(11-18(32)10-15-2-1-3-20(12-15)35-25(27,28)29)4-7-22(21)34-19-8-9-30-23(14-19)31-24(33)17-5-6-17/h1-4,7-9,12-14,17H,5-6,10-11H2,(H,30,31,33). The first-order valence-electron chi connectivity index (χ1n) is 10.7. The number of carbonyl (C=O) groups is 2. The number of alkyl halides is 3. The van der Waals surface area contributed by atoms with E-state index in [0.717, 1.165) is 31.0 Å². The molecule has 0 saturated heterocycles. The molecule has 1 aliphatic rings. The van der Waals surface area contributed by atoms with E-state index in [4.69, 9.17) is 4.74 Å². The quantitative estimate of drug-likeness (QED) is 0.396. The van der Waals surface area contributed by atoms with Gasteiger partial charge in [-0.3, -0.25) is 9.59 Å². The smallest absolute Gasteiger partial charge is 0.454 e. The second-order valence-corrected chi connectivity index (χ2v) is 8.09. The Morgan fingerprint density at radius 3 is 2.40 bits per heavy atom. The third-order valence-electron chi connectivity index (χ3n) is 5.09. The van der Waals surface area contributed by atoms with Crippen LogP contribution in [-0.2, 0) is 22.4 Å². The van der Waals surface area contributed by atoms with Gasteiger partial charge < -0.3 is 14.8 Å². The van der Waals surface area contributed by atoms with Crippen molar-refractivity contribution in [3.8, 4) is 17.2 Å². The number of nitrogens with zero attached hydrogens (tertiary/aromatic N) is 1. The molecule has 1 saturated carbocycles. The number of amides is 1. The van der Waals surface area contributed by atoms with Crippen molar-refractivity contribution in [3.63, 3.8) is 0 Å². The minimum Gasteiger partial charge on any atom is -0.454 e. The lowest BCUT2D eigenvalue weighted by atomic mass is 10.0. The summed E-state index contributed by atoms with van der Waals surface area (Å²) in [5, 5.41) is 2.68.